The Morgan fingerprint density at radius 1 is 0.453 bits per heavy atom. The smallest absolute Gasteiger partial charge is 0.0711 e. The van der Waals surface area contributed by atoms with Gasteiger partial charge >= 0.3 is 0 Å². The van der Waals surface area contributed by atoms with Gasteiger partial charge in [0.1, 0.15) is 0 Å². The van der Waals surface area contributed by atoms with Gasteiger partial charge in [-0.3, -0.25) is 4.99 Å². The molecule has 0 amide bonds. The number of hydrogen-bond donors (Lipinski definition) is 0. The minimum atomic E-state index is -0.0171. The third kappa shape index (κ3) is 5.19. The predicted molar refractivity (Wildman–Crippen MR) is 227 cm³/mol. The fourth-order valence-electron chi connectivity index (χ4n) is 8.91. The average Bonchev–Trinajstić information content (AvgIpc) is 3.43. The van der Waals surface area contributed by atoms with E-state index in [1.165, 1.54) is 82.4 Å². The molecule has 8 aromatic rings. The highest BCUT2D eigenvalue weighted by Gasteiger charge is 2.35. The molecule has 0 radical (unpaired) electrons. The van der Waals surface area contributed by atoms with Gasteiger partial charge in [-0.05, 0) is 113 Å². The van der Waals surface area contributed by atoms with E-state index in [2.05, 4.69) is 190 Å². The van der Waals surface area contributed by atoms with Crippen LogP contribution in [0.3, 0.4) is 0 Å². The number of nitrogens with zero attached hydrogens (tertiary/aromatic N) is 1. The van der Waals surface area contributed by atoms with E-state index in [0.717, 1.165) is 29.8 Å². The minimum absolute atomic E-state index is 0.0171. The molecule has 0 fully saturated rings. The van der Waals surface area contributed by atoms with E-state index in [1.54, 1.807) is 0 Å². The van der Waals surface area contributed by atoms with E-state index in [-0.39, 0.29) is 5.41 Å². The Bertz CT molecular complexity index is 2830. The van der Waals surface area contributed by atoms with Gasteiger partial charge in [-0.15, -0.1) is 0 Å². The van der Waals surface area contributed by atoms with Crippen molar-refractivity contribution >= 4 is 49.3 Å². The zero-order valence-electron chi connectivity index (χ0n) is 30.1. The summed E-state index contributed by atoms with van der Waals surface area (Å²) in [6.07, 6.45) is 6.41. The Kier molecular flexibility index (Phi) is 7.37. The van der Waals surface area contributed by atoms with Crippen molar-refractivity contribution in [2.24, 2.45) is 4.99 Å². The van der Waals surface area contributed by atoms with Crippen molar-refractivity contribution in [1.29, 1.82) is 0 Å². The summed E-state index contributed by atoms with van der Waals surface area (Å²) in [7, 11) is 0. The number of rotatable bonds is 4. The SMILES string of the molecule is CC1(C)c2ccccc2-c2cc(-c3cccc4c5ccccc5c5cc(/C6=N/C(c7ccccc7)=C\C(c7ccccc7)=C/CC6)ccc5c34)ccc21. The van der Waals surface area contributed by atoms with Gasteiger partial charge in [0.15, 0.2) is 0 Å². The van der Waals surface area contributed by atoms with E-state index < -0.39 is 0 Å². The first-order chi connectivity index (χ1) is 26.0. The predicted octanol–water partition coefficient (Wildman–Crippen LogP) is 13.8. The number of hydrogen-bond acceptors (Lipinski definition) is 1. The van der Waals surface area contributed by atoms with Gasteiger partial charge in [0.05, 0.1) is 5.70 Å². The molecule has 1 aliphatic heterocycles. The maximum Gasteiger partial charge on any atom is 0.0711 e. The first-order valence-corrected chi connectivity index (χ1v) is 18.8. The van der Waals surface area contributed by atoms with Gasteiger partial charge in [-0.25, -0.2) is 0 Å². The van der Waals surface area contributed by atoms with E-state index in [1.807, 2.05) is 0 Å². The molecule has 1 heterocycles. The molecule has 53 heavy (non-hydrogen) atoms. The van der Waals surface area contributed by atoms with Gasteiger partial charge < -0.3 is 0 Å². The first kappa shape index (κ1) is 31.4. The Morgan fingerprint density at radius 2 is 1.08 bits per heavy atom. The normalized spacial score (nSPS) is 17.9. The molecule has 2 aliphatic rings. The van der Waals surface area contributed by atoms with Crippen molar-refractivity contribution in [3.05, 3.63) is 204 Å². The molecule has 0 saturated heterocycles. The topological polar surface area (TPSA) is 12.4 Å². The van der Waals surface area contributed by atoms with Crippen LogP contribution in [-0.4, -0.2) is 5.71 Å². The first-order valence-electron chi connectivity index (χ1n) is 18.8. The average molecular weight is 678 g/mol. The molecular weight excluding hydrogens is 639 g/mol. The van der Waals surface area contributed by atoms with E-state index in [4.69, 9.17) is 4.99 Å². The second-order valence-corrected chi connectivity index (χ2v) is 15.0. The van der Waals surface area contributed by atoms with E-state index in [9.17, 15) is 0 Å². The Labute approximate surface area is 311 Å². The minimum Gasteiger partial charge on any atom is -0.252 e. The van der Waals surface area contributed by atoms with Gasteiger partial charge in [0, 0.05) is 16.7 Å². The fourth-order valence-corrected chi connectivity index (χ4v) is 8.91. The summed E-state index contributed by atoms with van der Waals surface area (Å²) in [6, 6.07) is 60.1. The van der Waals surface area contributed by atoms with Crippen LogP contribution in [0.15, 0.2) is 181 Å². The molecule has 0 bridgehead atoms. The molecule has 0 spiro atoms. The summed E-state index contributed by atoms with van der Waals surface area (Å²) in [5.41, 5.74) is 14.8. The van der Waals surface area contributed by atoms with Crippen LogP contribution in [0.5, 0.6) is 0 Å². The van der Waals surface area contributed by atoms with Crippen LogP contribution >= 0.6 is 0 Å². The molecule has 10 rings (SSSR count). The Hall–Kier alpha value is -6.31. The molecule has 0 saturated carbocycles. The Balaban J connectivity index is 1.17. The van der Waals surface area contributed by atoms with E-state index >= 15 is 0 Å². The van der Waals surface area contributed by atoms with Crippen LogP contribution in [0.1, 0.15) is 54.5 Å². The molecule has 8 aromatic carbocycles. The summed E-state index contributed by atoms with van der Waals surface area (Å²) < 4.78 is 0. The lowest BCUT2D eigenvalue weighted by Crippen LogP contribution is -2.14. The van der Waals surface area contributed by atoms with Crippen LogP contribution in [0.4, 0.5) is 0 Å². The lowest BCUT2D eigenvalue weighted by atomic mass is 9.82. The maximum absolute atomic E-state index is 5.47. The molecule has 0 unspecified atom stereocenters. The van der Waals surface area contributed by atoms with Crippen molar-refractivity contribution in [3.8, 4) is 22.3 Å². The van der Waals surface area contributed by atoms with Crippen LogP contribution in [-0.2, 0) is 5.41 Å². The fraction of sp³-hybridized carbons (Fsp3) is 0.0962. The summed E-state index contributed by atoms with van der Waals surface area (Å²) in [5, 5.41) is 7.68. The zero-order chi connectivity index (χ0) is 35.5. The zero-order valence-corrected chi connectivity index (χ0v) is 30.1. The van der Waals surface area contributed by atoms with Gasteiger partial charge in [0.25, 0.3) is 0 Å². The van der Waals surface area contributed by atoms with Crippen molar-refractivity contribution < 1.29 is 0 Å². The summed E-state index contributed by atoms with van der Waals surface area (Å²) >= 11 is 0. The number of allylic oxidation sites excluding steroid dienone is 3. The second-order valence-electron chi connectivity index (χ2n) is 15.0. The van der Waals surface area contributed by atoms with Crippen molar-refractivity contribution in [2.45, 2.75) is 32.1 Å². The van der Waals surface area contributed by atoms with E-state index in [0.29, 0.717) is 0 Å². The van der Waals surface area contributed by atoms with Gasteiger partial charge in [-0.1, -0.05) is 172 Å². The number of aliphatic imine (C=N–C) groups is 1. The van der Waals surface area contributed by atoms with Crippen LogP contribution in [0.25, 0.3) is 65.8 Å². The molecule has 1 aliphatic carbocycles. The van der Waals surface area contributed by atoms with Crippen molar-refractivity contribution in [3.63, 3.8) is 0 Å². The van der Waals surface area contributed by atoms with Gasteiger partial charge in [-0.2, -0.15) is 0 Å². The highest BCUT2D eigenvalue weighted by molar-refractivity contribution is 6.29. The molecule has 0 atom stereocenters. The third-order valence-corrected chi connectivity index (χ3v) is 11.6. The molecule has 1 heteroatoms. The van der Waals surface area contributed by atoms with Crippen LogP contribution < -0.4 is 0 Å². The van der Waals surface area contributed by atoms with Crippen molar-refractivity contribution in [1.82, 2.24) is 0 Å². The molecule has 252 valence electrons. The number of benzene rings is 8. The summed E-state index contributed by atoms with van der Waals surface area (Å²) in [4.78, 5) is 5.47. The highest BCUT2D eigenvalue weighted by Crippen LogP contribution is 2.50. The largest absolute Gasteiger partial charge is 0.252 e. The number of fused-ring (bicyclic) bond motifs is 9. The standard InChI is InChI=1S/C52H39N/c1-52(2)47-25-12-11-22-42(47)46-31-37(28-30-48(46)52)39-23-14-24-43-40-20-9-10-21-41(40)45-32-38(27-29-44(45)51(39)43)49-26-13-19-36(34-15-5-3-6-16-34)33-50(53-49)35-17-7-4-8-18-35/h3-12,14-25,27-33H,13,26H2,1-2H3/b36-19+,50-33-,53-49+. The molecule has 0 aromatic heterocycles. The molecule has 1 nitrogen and oxygen atoms in total. The molecule has 0 N–H and O–H groups in total. The third-order valence-electron chi connectivity index (χ3n) is 11.6. The monoisotopic (exact) mass is 677 g/mol. The van der Waals surface area contributed by atoms with Crippen LogP contribution in [0.2, 0.25) is 0 Å². The van der Waals surface area contributed by atoms with Crippen LogP contribution in [0, 0.1) is 0 Å². The maximum atomic E-state index is 5.47. The quantitative estimate of drug-likeness (QED) is 0.164. The lowest BCUT2D eigenvalue weighted by molar-refractivity contribution is 0.660. The lowest BCUT2D eigenvalue weighted by Gasteiger charge is -2.21. The summed E-state index contributed by atoms with van der Waals surface area (Å²) in [6.45, 7) is 4.70. The molecular formula is C52H39N. The van der Waals surface area contributed by atoms with Gasteiger partial charge in [0.2, 0.25) is 0 Å². The second kappa shape index (κ2) is 12.4. The summed E-state index contributed by atoms with van der Waals surface area (Å²) in [5.74, 6) is 0. The Morgan fingerprint density at radius 3 is 1.89 bits per heavy atom. The van der Waals surface area contributed by atoms with Crippen molar-refractivity contribution in [2.75, 3.05) is 0 Å². The highest BCUT2D eigenvalue weighted by atomic mass is 14.8.